The molecular weight excluding hydrogens is 341 g/mol. The Labute approximate surface area is 132 Å². The summed E-state index contributed by atoms with van der Waals surface area (Å²) < 4.78 is 14.9. The Morgan fingerprint density at radius 2 is 2.05 bits per heavy atom. The predicted octanol–water partition coefficient (Wildman–Crippen LogP) is 5.05. The van der Waals surface area contributed by atoms with Crippen LogP contribution in [-0.2, 0) is 6.42 Å². The quantitative estimate of drug-likeness (QED) is 0.808. The normalized spacial score (nSPS) is 12.4. The second-order valence-electron chi connectivity index (χ2n) is 4.76. The summed E-state index contributed by atoms with van der Waals surface area (Å²) in [6.45, 7) is 2.04. The fourth-order valence-corrected chi connectivity index (χ4v) is 2.96. The maximum Gasteiger partial charge on any atom is 0.126 e. The van der Waals surface area contributed by atoms with Crippen LogP contribution >= 0.6 is 27.5 Å². The van der Waals surface area contributed by atoms with Crippen LogP contribution in [0, 0.1) is 12.7 Å². The van der Waals surface area contributed by atoms with E-state index in [0.29, 0.717) is 17.0 Å². The van der Waals surface area contributed by atoms with Gasteiger partial charge in [0, 0.05) is 15.5 Å². The lowest BCUT2D eigenvalue weighted by Crippen LogP contribution is -2.20. The molecule has 1 unspecified atom stereocenters. The third-order valence-corrected chi connectivity index (χ3v) is 4.70. The highest BCUT2D eigenvalue weighted by molar-refractivity contribution is 9.10. The highest BCUT2D eigenvalue weighted by Gasteiger charge is 2.16. The molecule has 1 atom stereocenters. The Morgan fingerprint density at radius 1 is 1.30 bits per heavy atom. The first-order chi connectivity index (χ1) is 9.52. The average Bonchev–Trinajstić information content (AvgIpc) is 2.43. The van der Waals surface area contributed by atoms with Crippen molar-refractivity contribution in [2.24, 2.45) is 0 Å². The van der Waals surface area contributed by atoms with Crippen LogP contribution in [0.3, 0.4) is 0 Å². The lowest BCUT2D eigenvalue weighted by Gasteiger charge is -2.19. The van der Waals surface area contributed by atoms with Crippen molar-refractivity contribution in [3.63, 3.8) is 0 Å². The lowest BCUT2D eigenvalue weighted by atomic mass is 9.97. The summed E-state index contributed by atoms with van der Waals surface area (Å²) in [4.78, 5) is 0. The third kappa shape index (κ3) is 3.40. The molecule has 2 aromatic carbocycles. The summed E-state index contributed by atoms with van der Waals surface area (Å²) >= 11 is 9.56. The van der Waals surface area contributed by atoms with E-state index in [-0.39, 0.29) is 11.9 Å². The SMILES string of the molecule is CNC(Cc1cc(Cl)ccc1F)c1cccc(C)c1Br. The van der Waals surface area contributed by atoms with Crippen LogP contribution in [0.4, 0.5) is 4.39 Å². The zero-order chi connectivity index (χ0) is 14.7. The minimum Gasteiger partial charge on any atom is -0.313 e. The average molecular weight is 357 g/mol. The van der Waals surface area contributed by atoms with E-state index < -0.39 is 0 Å². The number of hydrogen-bond donors (Lipinski definition) is 1. The van der Waals surface area contributed by atoms with Crippen molar-refractivity contribution in [3.05, 3.63) is 68.4 Å². The van der Waals surface area contributed by atoms with Crippen LogP contribution in [0.2, 0.25) is 5.02 Å². The summed E-state index contributed by atoms with van der Waals surface area (Å²) in [5, 5.41) is 3.80. The van der Waals surface area contributed by atoms with E-state index in [2.05, 4.69) is 21.2 Å². The predicted molar refractivity (Wildman–Crippen MR) is 85.8 cm³/mol. The van der Waals surface area contributed by atoms with Gasteiger partial charge in [-0.1, -0.05) is 45.7 Å². The van der Waals surface area contributed by atoms with Crippen molar-refractivity contribution in [3.8, 4) is 0 Å². The Morgan fingerprint density at radius 3 is 2.75 bits per heavy atom. The second-order valence-corrected chi connectivity index (χ2v) is 5.99. The Balaban J connectivity index is 2.34. The molecule has 20 heavy (non-hydrogen) atoms. The first-order valence-electron chi connectivity index (χ1n) is 6.39. The smallest absolute Gasteiger partial charge is 0.126 e. The first-order valence-corrected chi connectivity index (χ1v) is 7.56. The molecule has 0 aliphatic rings. The summed E-state index contributed by atoms with van der Waals surface area (Å²) in [5.41, 5.74) is 2.89. The van der Waals surface area contributed by atoms with Crippen molar-refractivity contribution in [2.75, 3.05) is 7.05 Å². The summed E-state index contributed by atoms with van der Waals surface area (Å²) in [6, 6.07) is 10.8. The van der Waals surface area contributed by atoms with Crippen LogP contribution in [0.1, 0.15) is 22.7 Å². The van der Waals surface area contributed by atoms with Gasteiger partial charge in [-0.15, -0.1) is 0 Å². The summed E-state index contributed by atoms with van der Waals surface area (Å²) in [7, 11) is 1.88. The van der Waals surface area contributed by atoms with Crippen molar-refractivity contribution >= 4 is 27.5 Å². The van der Waals surface area contributed by atoms with E-state index in [4.69, 9.17) is 11.6 Å². The Bertz CT molecular complexity index is 615. The molecule has 2 rings (SSSR count). The maximum atomic E-state index is 13.9. The molecule has 0 fully saturated rings. The molecule has 0 bridgehead atoms. The third-order valence-electron chi connectivity index (χ3n) is 3.38. The standard InChI is InChI=1S/C16H16BrClFN/c1-10-4-3-5-13(16(10)17)15(20-2)9-11-8-12(18)6-7-14(11)19/h3-8,15,20H,9H2,1-2H3. The first kappa shape index (κ1) is 15.5. The number of benzene rings is 2. The van der Waals surface area contributed by atoms with Crippen molar-refractivity contribution < 1.29 is 4.39 Å². The van der Waals surface area contributed by atoms with Gasteiger partial charge in [0.25, 0.3) is 0 Å². The van der Waals surface area contributed by atoms with Gasteiger partial charge >= 0.3 is 0 Å². The van der Waals surface area contributed by atoms with E-state index >= 15 is 0 Å². The molecule has 0 saturated carbocycles. The molecule has 0 aromatic heterocycles. The van der Waals surface area contributed by atoms with Gasteiger partial charge in [-0.2, -0.15) is 0 Å². The molecule has 4 heteroatoms. The number of rotatable bonds is 4. The van der Waals surface area contributed by atoms with E-state index in [1.165, 1.54) is 6.07 Å². The van der Waals surface area contributed by atoms with E-state index in [9.17, 15) is 4.39 Å². The molecule has 0 saturated heterocycles. The number of nitrogens with one attached hydrogen (secondary N) is 1. The molecule has 0 spiro atoms. The minimum atomic E-state index is -0.224. The Kier molecular flexibility index (Phi) is 5.19. The van der Waals surface area contributed by atoms with Gasteiger partial charge in [0.05, 0.1) is 0 Å². The maximum absolute atomic E-state index is 13.9. The molecular formula is C16H16BrClFN. The summed E-state index contributed by atoms with van der Waals surface area (Å²) in [6.07, 6.45) is 0.547. The molecule has 0 amide bonds. The van der Waals surface area contributed by atoms with E-state index in [1.807, 2.05) is 32.2 Å². The van der Waals surface area contributed by atoms with E-state index in [1.54, 1.807) is 12.1 Å². The van der Waals surface area contributed by atoms with Gasteiger partial charge in [0.2, 0.25) is 0 Å². The molecule has 0 aliphatic heterocycles. The van der Waals surface area contributed by atoms with Crippen LogP contribution in [0.25, 0.3) is 0 Å². The number of halogens is 3. The molecule has 0 radical (unpaired) electrons. The van der Waals surface area contributed by atoms with Crippen LogP contribution in [-0.4, -0.2) is 7.05 Å². The molecule has 0 aliphatic carbocycles. The fourth-order valence-electron chi connectivity index (χ4n) is 2.23. The molecule has 1 N–H and O–H groups in total. The topological polar surface area (TPSA) is 12.0 Å². The van der Waals surface area contributed by atoms with Gasteiger partial charge in [-0.3, -0.25) is 0 Å². The van der Waals surface area contributed by atoms with Gasteiger partial charge in [-0.25, -0.2) is 4.39 Å². The second kappa shape index (κ2) is 6.70. The van der Waals surface area contributed by atoms with E-state index in [0.717, 1.165) is 15.6 Å². The van der Waals surface area contributed by atoms with Crippen LogP contribution in [0.15, 0.2) is 40.9 Å². The summed E-state index contributed by atoms with van der Waals surface area (Å²) in [5.74, 6) is -0.224. The minimum absolute atomic E-state index is 0.0252. The van der Waals surface area contributed by atoms with Crippen LogP contribution < -0.4 is 5.32 Å². The van der Waals surface area contributed by atoms with Gasteiger partial charge < -0.3 is 5.32 Å². The van der Waals surface area contributed by atoms with Gasteiger partial charge in [-0.05, 0) is 55.3 Å². The molecule has 106 valence electrons. The number of aryl methyl sites for hydroxylation is 1. The van der Waals surface area contributed by atoms with Crippen molar-refractivity contribution in [2.45, 2.75) is 19.4 Å². The Hall–Kier alpha value is -0.900. The number of hydrogen-bond acceptors (Lipinski definition) is 1. The highest BCUT2D eigenvalue weighted by atomic mass is 79.9. The fraction of sp³-hybridized carbons (Fsp3) is 0.250. The zero-order valence-corrected chi connectivity index (χ0v) is 13.7. The van der Waals surface area contributed by atoms with Crippen LogP contribution in [0.5, 0.6) is 0 Å². The monoisotopic (exact) mass is 355 g/mol. The lowest BCUT2D eigenvalue weighted by molar-refractivity contribution is 0.553. The highest BCUT2D eigenvalue weighted by Crippen LogP contribution is 2.29. The number of likely N-dealkylation sites (N-methyl/N-ethyl adjacent to an activating group) is 1. The van der Waals surface area contributed by atoms with Gasteiger partial charge in [0.1, 0.15) is 5.82 Å². The largest absolute Gasteiger partial charge is 0.313 e. The van der Waals surface area contributed by atoms with Gasteiger partial charge in [0.15, 0.2) is 0 Å². The zero-order valence-electron chi connectivity index (χ0n) is 11.4. The molecule has 1 nitrogen and oxygen atoms in total. The van der Waals surface area contributed by atoms with Crippen molar-refractivity contribution in [1.29, 1.82) is 0 Å². The molecule has 0 heterocycles. The molecule has 2 aromatic rings. The van der Waals surface area contributed by atoms with Crippen molar-refractivity contribution in [1.82, 2.24) is 5.32 Å².